The van der Waals surface area contributed by atoms with Crippen LogP contribution in [0.2, 0.25) is 0 Å². The highest BCUT2D eigenvalue weighted by atomic mass is 16.5. The molecule has 1 saturated carbocycles. The van der Waals surface area contributed by atoms with Crippen LogP contribution in [0.5, 0.6) is 0 Å². The Kier molecular flexibility index (Phi) is 8.78. The van der Waals surface area contributed by atoms with E-state index in [1.54, 1.807) is 48.5 Å². The van der Waals surface area contributed by atoms with E-state index in [0.717, 1.165) is 18.4 Å². The van der Waals surface area contributed by atoms with E-state index in [2.05, 4.69) is 39.6 Å². The highest BCUT2D eigenvalue weighted by Crippen LogP contribution is 2.18. The Balaban J connectivity index is 1.50. The molecule has 0 saturated heterocycles. The van der Waals surface area contributed by atoms with E-state index < -0.39 is 17.9 Å². The third kappa shape index (κ3) is 7.76. The van der Waals surface area contributed by atoms with Crippen molar-refractivity contribution in [3.8, 4) is 23.7 Å². The summed E-state index contributed by atoms with van der Waals surface area (Å²) in [5, 5.41) is 17.1. The molecule has 2 aromatic rings. The molecule has 3 rings (SSSR count). The molecule has 174 valence electrons. The number of rotatable bonds is 8. The third-order valence-corrected chi connectivity index (χ3v) is 4.89. The minimum absolute atomic E-state index is 0.0741. The van der Waals surface area contributed by atoms with E-state index in [9.17, 15) is 14.4 Å². The van der Waals surface area contributed by atoms with Gasteiger partial charge in [0.25, 0.3) is 11.8 Å². The molecule has 0 unspecified atom stereocenters. The van der Waals surface area contributed by atoms with Gasteiger partial charge in [0, 0.05) is 35.0 Å². The zero-order chi connectivity index (χ0) is 24.3. The fraction of sp³-hybridized carbons (Fsp3) is 0.240. The van der Waals surface area contributed by atoms with Crippen LogP contribution >= 0.6 is 0 Å². The van der Waals surface area contributed by atoms with Crippen LogP contribution in [0, 0.1) is 23.7 Å². The van der Waals surface area contributed by atoms with Crippen molar-refractivity contribution in [1.29, 1.82) is 0 Å². The quantitative estimate of drug-likeness (QED) is 0.191. The minimum atomic E-state index is -1.04. The number of anilines is 1. The molecule has 9 nitrogen and oxygen atoms in total. The van der Waals surface area contributed by atoms with E-state index in [1.807, 2.05) is 0 Å². The van der Waals surface area contributed by atoms with Crippen molar-refractivity contribution in [3.05, 3.63) is 65.2 Å². The summed E-state index contributed by atoms with van der Waals surface area (Å²) in [5.41, 5.74) is 9.32. The average Bonchev–Trinajstić information content (AvgIpc) is 3.69. The van der Waals surface area contributed by atoms with Crippen molar-refractivity contribution in [2.45, 2.75) is 24.9 Å². The lowest BCUT2D eigenvalue weighted by molar-refractivity contribution is -0.130. The summed E-state index contributed by atoms with van der Waals surface area (Å²) in [5.74, 6) is 9.98. The van der Waals surface area contributed by atoms with Gasteiger partial charge in [-0.05, 0) is 73.2 Å². The Morgan fingerprint density at radius 2 is 1.56 bits per heavy atom. The molecule has 0 heterocycles. The normalized spacial score (nSPS) is 12.8. The van der Waals surface area contributed by atoms with Gasteiger partial charge < -0.3 is 21.7 Å². The first-order valence-electron chi connectivity index (χ1n) is 10.7. The Bertz CT molecular complexity index is 1150. The highest BCUT2D eigenvalue weighted by Gasteiger charge is 2.21. The molecule has 34 heavy (non-hydrogen) atoms. The number of nitrogens with two attached hydrogens (primary N) is 1. The predicted molar refractivity (Wildman–Crippen MR) is 127 cm³/mol. The van der Waals surface area contributed by atoms with Gasteiger partial charge in [0.1, 0.15) is 6.04 Å². The monoisotopic (exact) mass is 459 g/mol. The summed E-state index contributed by atoms with van der Waals surface area (Å²) in [6.07, 6.45) is 2.27. The van der Waals surface area contributed by atoms with E-state index in [1.165, 1.54) is 5.48 Å². The molecule has 1 aliphatic rings. The minimum Gasteiger partial charge on any atom is -0.339 e. The van der Waals surface area contributed by atoms with Gasteiger partial charge in [-0.3, -0.25) is 19.6 Å². The number of hydrogen-bond acceptors (Lipinski definition) is 6. The van der Waals surface area contributed by atoms with E-state index >= 15 is 0 Å². The zero-order valence-electron chi connectivity index (χ0n) is 18.4. The Labute approximate surface area is 197 Å². The fourth-order valence-electron chi connectivity index (χ4n) is 2.83. The summed E-state index contributed by atoms with van der Waals surface area (Å²) >= 11 is 0. The molecule has 9 heteroatoms. The number of hydroxylamine groups is 1. The molecule has 0 bridgehead atoms. The summed E-state index contributed by atoms with van der Waals surface area (Å²) in [6.45, 7) is 0.151. The van der Waals surface area contributed by atoms with Crippen LogP contribution in [0.25, 0.3) is 0 Å². The van der Waals surface area contributed by atoms with E-state index in [0.29, 0.717) is 29.4 Å². The number of hydrogen-bond donors (Lipinski definition) is 6. The number of carbonyl (C=O) groups is 3. The second-order valence-electron chi connectivity index (χ2n) is 7.60. The Hall–Kier alpha value is -4.15. The molecule has 0 aliphatic heterocycles. The van der Waals surface area contributed by atoms with Gasteiger partial charge in [-0.2, -0.15) is 0 Å². The first-order valence-corrected chi connectivity index (χ1v) is 10.7. The summed E-state index contributed by atoms with van der Waals surface area (Å²) in [7, 11) is 0. The van der Waals surface area contributed by atoms with Crippen molar-refractivity contribution in [2.75, 3.05) is 18.4 Å². The van der Waals surface area contributed by atoms with Crippen LogP contribution in [0.15, 0.2) is 48.5 Å². The predicted octanol–water partition coefficient (Wildman–Crippen LogP) is 0.343. The first-order chi connectivity index (χ1) is 16.5. The van der Waals surface area contributed by atoms with E-state index in [-0.39, 0.29) is 12.5 Å². The van der Waals surface area contributed by atoms with Crippen LogP contribution in [-0.2, 0) is 9.59 Å². The van der Waals surface area contributed by atoms with Crippen LogP contribution < -0.4 is 27.2 Å². The topological polar surface area (TPSA) is 146 Å². The molecule has 0 spiro atoms. The van der Waals surface area contributed by atoms with Crippen molar-refractivity contribution < 1.29 is 19.6 Å². The second-order valence-corrected chi connectivity index (χ2v) is 7.60. The smallest absolute Gasteiger partial charge is 0.267 e. The van der Waals surface area contributed by atoms with E-state index in [4.69, 9.17) is 10.9 Å². The van der Waals surface area contributed by atoms with Crippen LogP contribution in [0.1, 0.15) is 34.3 Å². The van der Waals surface area contributed by atoms with Gasteiger partial charge in [-0.15, -0.1) is 0 Å². The lowest BCUT2D eigenvalue weighted by Crippen LogP contribution is -2.50. The molecule has 1 aliphatic carbocycles. The van der Waals surface area contributed by atoms with Crippen LogP contribution in [0.4, 0.5) is 5.69 Å². The number of amides is 3. The third-order valence-electron chi connectivity index (χ3n) is 4.89. The lowest BCUT2D eigenvalue weighted by Gasteiger charge is -2.14. The summed E-state index contributed by atoms with van der Waals surface area (Å²) < 4.78 is 0. The van der Waals surface area contributed by atoms with Crippen LogP contribution in [0.3, 0.4) is 0 Å². The highest BCUT2D eigenvalue weighted by molar-refractivity contribution is 5.97. The van der Waals surface area contributed by atoms with Gasteiger partial charge in [-0.1, -0.05) is 11.8 Å². The Morgan fingerprint density at radius 1 is 0.971 bits per heavy atom. The molecular weight excluding hydrogens is 434 g/mol. The Morgan fingerprint density at radius 3 is 2.09 bits per heavy atom. The molecule has 1 fully saturated rings. The zero-order valence-corrected chi connectivity index (χ0v) is 18.4. The standard InChI is InChI=1S/C25H25N5O4/c26-15-22(25(33)30-34)29-24(32)19-9-5-17(6-10-19)3-1-2-4-18-7-11-21(12-8-18)28-23(31)16-27-20-13-14-20/h5-12,20,22,27,34H,13-16,26H2,(H,28,31)(H,29,32)(H,30,33)/t22-/m0/s1. The maximum absolute atomic E-state index is 12.2. The van der Waals surface area contributed by atoms with Gasteiger partial charge in [0.2, 0.25) is 5.91 Å². The molecular formula is C25H25N5O4. The summed E-state index contributed by atoms with van der Waals surface area (Å²) in [4.78, 5) is 35.5. The molecule has 1 atom stereocenters. The van der Waals surface area contributed by atoms with Crippen molar-refractivity contribution >= 4 is 23.4 Å². The average molecular weight is 460 g/mol. The van der Waals surface area contributed by atoms with Crippen molar-refractivity contribution in [3.63, 3.8) is 0 Å². The SMILES string of the molecule is NC[C@H](NC(=O)c1ccc(C#CC#Cc2ccc(NC(=O)CNC3CC3)cc2)cc1)C(=O)NO. The second kappa shape index (κ2) is 12.2. The number of benzene rings is 2. The largest absolute Gasteiger partial charge is 0.339 e. The fourth-order valence-corrected chi connectivity index (χ4v) is 2.83. The maximum atomic E-state index is 12.2. The molecule has 7 N–H and O–H groups in total. The number of nitrogens with one attached hydrogen (secondary N) is 4. The summed E-state index contributed by atoms with van der Waals surface area (Å²) in [6, 6.07) is 13.1. The van der Waals surface area contributed by atoms with Gasteiger partial charge >= 0.3 is 0 Å². The lowest BCUT2D eigenvalue weighted by atomic mass is 10.1. The molecule has 0 radical (unpaired) electrons. The molecule has 2 aromatic carbocycles. The molecule has 0 aromatic heterocycles. The first kappa shape index (κ1) is 24.5. The van der Waals surface area contributed by atoms with Crippen molar-refractivity contribution in [2.24, 2.45) is 5.73 Å². The van der Waals surface area contributed by atoms with Gasteiger partial charge in [0.05, 0.1) is 6.54 Å². The maximum Gasteiger partial charge on any atom is 0.267 e. The van der Waals surface area contributed by atoms with Crippen molar-refractivity contribution in [1.82, 2.24) is 16.1 Å². The van der Waals surface area contributed by atoms with Gasteiger partial charge in [0.15, 0.2) is 0 Å². The molecule has 3 amide bonds. The van der Waals surface area contributed by atoms with Gasteiger partial charge in [-0.25, -0.2) is 5.48 Å². The van der Waals surface area contributed by atoms with Crippen LogP contribution in [-0.4, -0.2) is 48.1 Å². The number of carbonyl (C=O) groups excluding carboxylic acids is 3.